The topological polar surface area (TPSA) is 97.3 Å². The van der Waals surface area contributed by atoms with Gasteiger partial charge >= 0.3 is 0 Å². The number of aromatic nitrogens is 2. The van der Waals surface area contributed by atoms with Crippen LogP contribution in [0.15, 0.2) is 96.7 Å². The summed E-state index contributed by atoms with van der Waals surface area (Å²) < 4.78 is 16.3. The van der Waals surface area contributed by atoms with Gasteiger partial charge in [-0.2, -0.15) is 0 Å². The predicted molar refractivity (Wildman–Crippen MR) is 163 cm³/mol. The molecule has 0 bridgehead atoms. The van der Waals surface area contributed by atoms with Gasteiger partial charge < -0.3 is 24.2 Å². The lowest BCUT2D eigenvalue weighted by atomic mass is 9.86. The first-order valence-electron chi connectivity index (χ1n) is 14.0. The predicted octanol–water partition coefficient (Wildman–Crippen LogP) is 5.55. The van der Waals surface area contributed by atoms with Crippen molar-refractivity contribution in [2.75, 3.05) is 32.8 Å². The first-order chi connectivity index (χ1) is 21.0. The molecule has 1 N–H and O–H groups in total. The summed E-state index contributed by atoms with van der Waals surface area (Å²) in [6.07, 6.45) is 4.13. The number of hydrogen-bond donors (Lipinski definition) is 1. The molecule has 1 atom stereocenters. The van der Waals surface area contributed by atoms with E-state index < -0.39 is 12.0 Å². The number of ether oxygens (including phenoxy) is 3. The Kier molecular flexibility index (Phi) is 7.70. The van der Waals surface area contributed by atoms with E-state index in [0.717, 1.165) is 28.0 Å². The number of nitrogens with zero attached hydrogens (tertiary/aromatic N) is 4. The van der Waals surface area contributed by atoms with Gasteiger partial charge in [0.1, 0.15) is 17.7 Å². The van der Waals surface area contributed by atoms with Gasteiger partial charge in [-0.15, -0.1) is 0 Å². The summed E-state index contributed by atoms with van der Waals surface area (Å²) in [4.78, 5) is 27.3. The fourth-order valence-electron chi connectivity index (χ4n) is 5.78. The molecule has 0 saturated heterocycles. The summed E-state index contributed by atoms with van der Waals surface area (Å²) in [5.41, 5.74) is 5.34. The lowest BCUT2D eigenvalue weighted by Crippen LogP contribution is -2.46. The number of methoxy groups -OCH3 is 3. The van der Waals surface area contributed by atoms with Crippen molar-refractivity contribution in [1.82, 2.24) is 14.9 Å². The van der Waals surface area contributed by atoms with E-state index >= 15 is 0 Å². The van der Waals surface area contributed by atoms with Crippen molar-refractivity contribution >= 4 is 23.5 Å². The van der Waals surface area contributed by atoms with Gasteiger partial charge in [0.2, 0.25) is 0 Å². The minimum absolute atomic E-state index is 0.135. The van der Waals surface area contributed by atoms with Crippen LogP contribution in [0.1, 0.15) is 34.0 Å². The van der Waals surface area contributed by atoms with Crippen LogP contribution in [0.2, 0.25) is 0 Å². The van der Waals surface area contributed by atoms with Crippen LogP contribution in [0.3, 0.4) is 0 Å². The molecule has 43 heavy (non-hydrogen) atoms. The van der Waals surface area contributed by atoms with Crippen molar-refractivity contribution in [3.63, 3.8) is 0 Å². The van der Waals surface area contributed by atoms with E-state index in [1.165, 1.54) is 13.4 Å². The lowest BCUT2D eigenvalue weighted by molar-refractivity contribution is -0.117. The van der Waals surface area contributed by atoms with Crippen LogP contribution in [0.4, 0.5) is 5.82 Å². The SMILES string of the molecule is CO/C(O)=C1/C(=O)N(Cc2ccccc2)c2ncnc3c2C1N(CCc1ccc(OC)c(OC)c1)C(c1ccccc1)=C3. The summed E-state index contributed by atoms with van der Waals surface area (Å²) in [5, 5.41) is 11.2. The fraction of sp³-hybridized carbons (Fsp3) is 0.206. The Balaban J connectivity index is 1.50. The minimum atomic E-state index is -0.689. The molecule has 2 aliphatic rings. The average molecular weight is 577 g/mol. The quantitative estimate of drug-likeness (QED) is 0.205. The van der Waals surface area contributed by atoms with Crippen LogP contribution >= 0.6 is 0 Å². The summed E-state index contributed by atoms with van der Waals surface area (Å²) in [7, 11) is 4.58. The Morgan fingerprint density at radius 2 is 1.60 bits per heavy atom. The molecule has 0 saturated carbocycles. The van der Waals surface area contributed by atoms with Crippen molar-refractivity contribution in [1.29, 1.82) is 0 Å². The highest BCUT2D eigenvalue weighted by molar-refractivity contribution is 6.10. The fourth-order valence-corrected chi connectivity index (χ4v) is 5.78. The summed E-state index contributed by atoms with van der Waals surface area (Å²) >= 11 is 0. The molecule has 9 nitrogen and oxygen atoms in total. The van der Waals surface area contributed by atoms with E-state index in [9.17, 15) is 9.90 Å². The number of amides is 1. The summed E-state index contributed by atoms with van der Waals surface area (Å²) in [6, 6.07) is 24.8. The standard InChI is InChI=1S/C34H32N4O5/c1-41-27-15-14-22(18-28(27)42-2)16-17-37-26(24-12-8-5-9-13-24)19-25-29-31(37)30(34(40)43-3)33(39)38(32(29)36-21-35-25)20-23-10-6-4-7-11-23/h4-15,18-19,21,31,40H,16-17,20H2,1-3H3/b34-30+. The van der Waals surface area contributed by atoms with Gasteiger partial charge in [0.25, 0.3) is 11.9 Å². The number of rotatable bonds is 9. The van der Waals surface area contributed by atoms with Gasteiger partial charge in [0, 0.05) is 17.8 Å². The maximum atomic E-state index is 14.3. The number of aliphatic hydroxyl groups is 1. The highest BCUT2D eigenvalue weighted by atomic mass is 16.6. The number of anilines is 1. The second-order valence-corrected chi connectivity index (χ2v) is 10.2. The molecule has 0 spiro atoms. The average Bonchev–Trinajstić information content (AvgIpc) is 3.06. The third-order valence-corrected chi connectivity index (χ3v) is 7.83. The molecule has 0 fully saturated rings. The van der Waals surface area contributed by atoms with Crippen LogP contribution in [0, 0.1) is 0 Å². The molecule has 1 unspecified atom stereocenters. The largest absolute Gasteiger partial charge is 0.493 e. The number of carbonyl (C=O) groups excluding carboxylic acids is 1. The van der Waals surface area contributed by atoms with Crippen LogP contribution < -0.4 is 14.4 Å². The maximum Gasteiger partial charge on any atom is 0.287 e. The number of carbonyl (C=O) groups is 1. The van der Waals surface area contributed by atoms with Crippen molar-refractivity contribution in [2.45, 2.75) is 19.0 Å². The summed E-state index contributed by atoms with van der Waals surface area (Å²) in [5.74, 6) is 0.989. The van der Waals surface area contributed by atoms with E-state index in [1.54, 1.807) is 19.1 Å². The van der Waals surface area contributed by atoms with Crippen LogP contribution in [-0.2, 0) is 22.5 Å². The number of benzene rings is 3. The maximum absolute atomic E-state index is 14.3. The van der Waals surface area contributed by atoms with Crippen molar-refractivity contribution < 1.29 is 24.1 Å². The molecule has 2 aliphatic heterocycles. The Bertz CT molecular complexity index is 1700. The molecule has 3 heterocycles. The lowest BCUT2D eigenvalue weighted by Gasteiger charge is -2.44. The van der Waals surface area contributed by atoms with E-state index in [-0.39, 0.29) is 18.0 Å². The number of hydrogen-bond acceptors (Lipinski definition) is 8. The van der Waals surface area contributed by atoms with Crippen molar-refractivity contribution in [2.24, 2.45) is 0 Å². The minimum Gasteiger partial charge on any atom is -0.493 e. The van der Waals surface area contributed by atoms with Crippen LogP contribution in [0.5, 0.6) is 11.5 Å². The van der Waals surface area contributed by atoms with Gasteiger partial charge in [-0.25, -0.2) is 9.97 Å². The van der Waals surface area contributed by atoms with Crippen LogP contribution in [-0.4, -0.2) is 53.8 Å². The molecule has 4 aromatic rings. The molecule has 1 amide bonds. The molecule has 0 radical (unpaired) electrons. The Morgan fingerprint density at radius 3 is 2.30 bits per heavy atom. The molecule has 3 aromatic carbocycles. The first kappa shape index (κ1) is 27.8. The second-order valence-electron chi connectivity index (χ2n) is 10.2. The summed E-state index contributed by atoms with van der Waals surface area (Å²) in [6.45, 7) is 0.776. The Hall–Kier alpha value is -5.31. The monoisotopic (exact) mass is 576 g/mol. The highest BCUT2D eigenvalue weighted by Crippen LogP contribution is 2.49. The van der Waals surface area contributed by atoms with Gasteiger partial charge in [-0.1, -0.05) is 66.7 Å². The van der Waals surface area contributed by atoms with Crippen LogP contribution in [0.25, 0.3) is 11.8 Å². The molecule has 9 heteroatoms. The molecular weight excluding hydrogens is 544 g/mol. The molecule has 218 valence electrons. The smallest absolute Gasteiger partial charge is 0.287 e. The van der Waals surface area contributed by atoms with Gasteiger partial charge in [-0.3, -0.25) is 9.69 Å². The van der Waals surface area contributed by atoms with E-state index in [2.05, 4.69) is 14.9 Å². The molecular formula is C34H32N4O5. The third-order valence-electron chi connectivity index (χ3n) is 7.83. The zero-order chi connectivity index (χ0) is 29.9. The highest BCUT2D eigenvalue weighted by Gasteiger charge is 2.47. The van der Waals surface area contributed by atoms with E-state index in [0.29, 0.717) is 36.0 Å². The molecule has 6 rings (SSSR count). The van der Waals surface area contributed by atoms with Gasteiger partial charge in [-0.05, 0) is 41.3 Å². The van der Waals surface area contributed by atoms with Crippen molar-refractivity contribution in [3.05, 3.63) is 125 Å². The Morgan fingerprint density at radius 1 is 0.884 bits per heavy atom. The Labute approximate surface area is 250 Å². The normalized spacial score (nSPS) is 16.8. The van der Waals surface area contributed by atoms with E-state index in [1.807, 2.05) is 84.9 Å². The molecule has 1 aromatic heterocycles. The zero-order valence-electron chi connectivity index (χ0n) is 24.2. The van der Waals surface area contributed by atoms with Gasteiger partial charge in [0.15, 0.2) is 11.5 Å². The van der Waals surface area contributed by atoms with Crippen molar-refractivity contribution in [3.8, 4) is 11.5 Å². The zero-order valence-corrected chi connectivity index (χ0v) is 24.2. The van der Waals surface area contributed by atoms with Gasteiger partial charge in [0.05, 0.1) is 39.6 Å². The second kappa shape index (κ2) is 11.9. The van der Waals surface area contributed by atoms with E-state index in [4.69, 9.17) is 14.2 Å². The number of aliphatic hydroxyl groups excluding tert-OH is 1. The molecule has 0 aliphatic carbocycles. The third kappa shape index (κ3) is 5.14. The first-order valence-corrected chi connectivity index (χ1v) is 14.0.